The molecule has 6 heteroatoms. The summed E-state index contributed by atoms with van der Waals surface area (Å²) in [7, 11) is 0. The standard InChI is InChI=1S/C18H22N2O4/c1-12-16(17(19-24-12)14-5-3-2-4-6-14)18(23)20-9-7-13(8-10-20)15(22)11-21/h2-6,13,15,21-22H,7-11H2,1H3. The Morgan fingerprint density at radius 1 is 1.33 bits per heavy atom. The normalized spacial score (nSPS) is 17.0. The maximum atomic E-state index is 12.9. The topological polar surface area (TPSA) is 86.8 Å². The lowest BCUT2D eigenvalue weighted by atomic mass is 9.91. The van der Waals surface area contributed by atoms with Crippen LogP contribution < -0.4 is 0 Å². The Bertz CT molecular complexity index is 690. The number of aryl methyl sites for hydroxylation is 1. The van der Waals surface area contributed by atoms with E-state index in [1.54, 1.807) is 11.8 Å². The minimum atomic E-state index is -0.709. The molecule has 1 aliphatic heterocycles. The summed E-state index contributed by atoms with van der Waals surface area (Å²) in [5.74, 6) is 0.456. The number of nitrogens with zero attached hydrogens (tertiary/aromatic N) is 2. The number of rotatable bonds is 4. The van der Waals surface area contributed by atoms with Crippen LogP contribution in [0.4, 0.5) is 0 Å². The number of aliphatic hydroxyl groups excluding tert-OH is 2. The fraction of sp³-hybridized carbons (Fsp3) is 0.444. The molecule has 128 valence electrons. The van der Waals surface area contributed by atoms with Gasteiger partial charge in [-0.2, -0.15) is 0 Å². The van der Waals surface area contributed by atoms with Gasteiger partial charge in [0.1, 0.15) is 17.0 Å². The second kappa shape index (κ2) is 7.15. The zero-order valence-electron chi connectivity index (χ0n) is 13.7. The molecule has 0 bridgehead atoms. The molecular formula is C18H22N2O4. The van der Waals surface area contributed by atoms with Crippen LogP contribution in [-0.2, 0) is 0 Å². The Balaban J connectivity index is 1.78. The highest BCUT2D eigenvalue weighted by Gasteiger charge is 2.31. The number of aromatic nitrogens is 1. The van der Waals surface area contributed by atoms with E-state index in [1.807, 2.05) is 30.3 Å². The molecule has 24 heavy (non-hydrogen) atoms. The van der Waals surface area contributed by atoms with E-state index < -0.39 is 6.10 Å². The Hall–Kier alpha value is -2.18. The predicted molar refractivity (Wildman–Crippen MR) is 88.4 cm³/mol. The van der Waals surface area contributed by atoms with Crippen molar-refractivity contribution < 1.29 is 19.5 Å². The van der Waals surface area contributed by atoms with E-state index in [9.17, 15) is 9.90 Å². The van der Waals surface area contributed by atoms with Crippen molar-refractivity contribution in [2.45, 2.75) is 25.9 Å². The largest absolute Gasteiger partial charge is 0.394 e. The van der Waals surface area contributed by atoms with E-state index >= 15 is 0 Å². The zero-order valence-corrected chi connectivity index (χ0v) is 13.7. The average Bonchev–Trinajstić information content (AvgIpc) is 3.03. The first-order valence-electron chi connectivity index (χ1n) is 8.21. The number of likely N-dealkylation sites (tertiary alicyclic amines) is 1. The number of carbonyl (C=O) groups excluding carboxylic acids is 1. The summed E-state index contributed by atoms with van der Waals surface area (Å²) >= 11 is 0. The van der Waals surface area contributed by atoms with Crippen LogP contribution in [0.1, 0.15) is 29.0 Å². The third kappa shape index (κ3) is 3.20. The highest BCUT2D eigenvalue weighted by Crippen LogP contribution is 2.28. The van der Waals surface area contributed by atoms with E-state index in [-0.39, 0.29) is 18.4 Å². The number of hydrogen-bond donors (Lipinski definition) is 2. The Morgan fingerprint density at radius 2 is 2.00 bits per heavy atom. The summed E-state index contributed by atoms with van der Waals surface area (Å²) in [4.78, 5) is 14.7. The fourth-order valence-electron chi connectivity index (χ4n) is 3.21. The van der Waals surface area contributed by atoms with Crippen molar-refractivity contribution in [3.05, 3.63) is 41.7 Å². The maximum Gasteiger partial charge on any atom is 0.259 e. The van der Waals surface area contributed by atoms with E-state index in [1.165, 1.54) is 0 Å². The van der Waals surface area contributed by atoms with E-state index in [0.717, 1.165) is 5.56 Å². The van der Waals surface area contributed by atoms with Crippen molar-refractivity contribution in [2.75, 3.05) is 19.7 Å². The molecule has 1 fully saturated rings. The maximum absolute atomic E-state index is 12.9. The minimum absolute atomic E-state index is 0.0382. The van der Waals surface area contributed by atoms with E-state index in [0.29, 0.717) is 42.9 Å². The Labute approximate surface area is 140 Å². The van der Waals surface area contributed by atoms with Gasteiger partial charge in [0.2, 0.25) is 0 Å². The van der Waals surface area contributed by atoms with Crippen LogP contribution >= 0.6 is 0 Å². The third-order valence-electron chi connectivity index (χ3n) is 4.68. The molecular weight excluding hydrogens is 308 g/mol. The second-order valence-electron chi connectivity index (χ2n) is 6.21. The summed E-state index contributed by atoms with van der Waals surface area (Å²) in [6, 6.07) is 9.51. The molecule has 2 aromatic rings. The Morgan fingerprint density at radius 3 is 2.62 bits per heavy atom. The van der Waals surface area contributed by atoms with Gasteiger partial charge in [-0.25, -0.2) is 0 Å². The van der Waals surface area contributed by atoms with Crippen molar-refractivity contribution >= 4 is 5.91 Å². The molecule has 6 nitrogen and oxygen atoms in total. The van der Waals surface area contributed by atoms with Gasteiger partial charge in [-0.05, 0) is 25.7 Å². The van der Waals surface area contributed by atoms with Gasteiger partial charge in [-0.15, -0.1) is 0 Å². The minimum Gasteiger partial charge on any atom is -0.394 e. The molecule has 0 saturated carbocycles. The Kier molecular flexibility index (Phi) is 4.97. The molecule has 3 rings (SSSR count). The zero-order chi connectivity index (χ0) is 17.1. The van der Waals surface area contributed by atoms with Crippen LogP contribution in [0.5, 0.6) is 0 Å². The lowest BCUT2D eigenvalue weighted by Gasteiger charge is -2.33. The smallest absolute Gasteiger partial charge is 0.259 e. The van der Waals surface area contributed by atoms with Gasteiger partial charge < -0.3 is 19.6 Å². The number of amides is 1. The number of aliphatic hydroxyl groups is 2. The molecule has 1 saturated heterocycles. The summed E-state index contributed by atoms with van der Waals surface area (Å²) < 4.78 is 5.27. The van der Waals surface area contributed by atoms with Gasteiger partial charge in [-0.3, -0.25) is 4.79 Å². The van der Waals surface area contributed by atoms with Crippen molar-refractivity contribution in [1.29, 1.82) is 0 Å². The van der Waals surface area contributed by atoms with Crippen LogP contribution in [0.15, 0.2) is 34.9 Å². The number of piperidine rings is 1. The van der Waals surface area contributed by atoms with E-state index in [2.05, 4.69) is 5.16 Å². The summed E-state index contributed by atoms with van der Waals surface area (Å²) in [6.07, 6.45) is 0.649. The van der Waals surface area contributed by atoms with Gasteiger partial charge in [0, 0.05) is 18.7 Å². The summed E-state index contributed by atoms with van der Waals surface area (Å²) in [5.41, 5.74) is 1.92. The molecule has 1 aromatic heterocycles. The molecule has 0 radical (unpaired) electrons. The predicted octanol–water partition coefficient (Wildman–Crippen LogP) is 1.86. The van der Waals surface area contributed by atoms with Crippen molar-refractivity contribution in [3.63, 3.8) is 0 Å². The van der Waals surface area contributed by atoms with E-state index in [4.69, 9.17) is 9.63 Å². The molecule has 2 heterocycles. The van der Waals surface area contributed by atoms with Crippen LogP contribution in [-0.4, -0.2) is 52.0 Å². The molecule has 0 spiro atoms. The molecule has 1 unspecified atom stereocenters. The first-order chi connectivity index (χ1) is 11.6. The van der Waals surface area contributed by atoms with Crippen molar-refractivity contribution in [1.82, 2.24) is 10.1 Å². The van der Waals surface area contributed by atoms with Gasteiger partial charge >= 0.3 is 0 Å². The first-order valence-corrected chi connectivity index (χ1v) is 8.21. The van der Waals surface area contributed by atoms with Gasteiger partial charge in [0.25, 0.3) is 5.91 Å². The number of hydrogen-bond acceptors (Lipinski definition) is 5. The molecule has 2 N–H and O–H groups in total. The number of benzene rings is 1. The molecule has 1 aromatic carbocycles. The SMILES string of the molecule is Cc1onc(-c2ccccc2)c1C(=O)N1CCC(C(O)CO)CC1. The van der Waals surface area contributed by atoms with Crippen LogP contribution in [0.25, 0.3) is 11.3 Å². The molecule has 1 aliphatic rings. The van der Waals surface area contributed by atoms with Gasteiger partial charge in [-0.1, -0.05) is 35.5 Å². The highest BCUT2D eigenvalue weighted by molar-refractivity contribution is 6.00. The quantitative estimate of drug-likeness (QED) is 0.893. The lowest BCUT2D eigenvalue weighted by Crippen LogP contribution is -2.42. The monoisotopic (exact) mass is 330 g/mol. The average molecular weight is 330 g/mol. The van der Waals surface area contributed by atoms with Gasteiger partial charge in [0.05, 0.1) is 12.7 Å². The summed E-state index contributed by atoms with van der Waals surface area (Å²) in [5, 5.41) is 22.9. The molecule has 1 atom stereocenters. The van der Waals surface area contributed by atoms with Crippen LogP contribution in [0, 0.1) is 12.8 Å². The highest BCUT2D eigenvalue weighted by atomic mass is 16.5. The third-order valence-corrected chi connectivity index (χ3v) is 4.68. The fourth-order valence-corrected chi connectivity index (χ4v) is 3.21. The van der Waals surface area contributed by atoms with Crippen LogP contribution in [0.2, 0.25) is 0 Å². The van der Waals surface area contributed by atoms with Crippen molar-refractivity contribution in [3.8, 4) is 11.3 Å². The molecule has 0 aliphatic carbocycles. The van der Waals surface area contributed by atoms with Crippen molar-refractivity contribution in [2.24, 2.45) is 5.92 Å². The second-order valence-corrected chi connectivity index (χ2v) is 6.21. The van der Waals surface area contributed by atoms with Gasteiger partial charge in [0.15, 0.2) is 0 Å². The lowest BCUT2D eigenvalue weighted by molar-refractivity contribution is 0.0179. The molecule has 1 amide bonds. The summed E-state index contributed by atoms with van der Waals surface area (Å²) in [6.45, 7) is 2.62. The number of carbonyl (C=O) groups is 1. The van der Waals surface area contributed by atoms with Crippen LogP contribution in [0.3, 0.4) is 0 Å². The first kappa shape index (κ1) is 16.7.